The topological polar surface area (TPSA) is 93.9 Å². The number of carbonyl (C=O) groups excluding carboxylic acids is 1. The van der Waals surface area contributed by atoms with Crippen molar-refractivity contribution in [2.75, 3.05) is 0 Å². The van der Waals surface area contributed by atoms with Gasteiger partial charge in [-0.05, 0) is 48.4 Å². The van der Waals surface area contributed by atoms with Crippen molar-refractivity contribution in [2.24, 2.45) is 0 Å². The van der Waals surface area contributed by atoms with Crippen molar-refractivity contribution in [3.63, 3.8) is 0 Å². The largest absolute Gasteiger partial charge is 0.308 e. The Morgan fingerprint density at radius 3 is 2.61 bits per heavy atom. The summed E-state index contributed by atoms with van der Waals surface area (Å²) in [5, 5.41) is 1.53. The van der Waals surface area contributed by atoms with E-state index in [0.29, 0.717) is 34.1 Å². The minimum atomic E-state index is -4.01. The van der Waals surface area contributed by atoms with Crippen LogP contribution in [-0.4, -0.2) is 28.9 Å². The molecular weight excluding hydrogens is 528 g/mol. The van der Waals surface area contributed by atoms with Crippen molar-refractivity contribution in [1.82, 2.24) is 19.3 Å². The molecule has 2 aromatic carbocycles. The first-order valence-corrected chi connectivity index (χ1v) is 12.5. The summed E-state index contributed by atoms with van der Waals surface area (Å²) in [7, 11) is -4.01. The number of rotatable bonds is 6. The molecule has 0 saturated carbocycles. The van der Waals surface area contributed by atoms with Gasteiger partial charge in [0.15, 0.2) is 5.65 Å². The van der Waals surface area contributed by atoms with Crippen molar-refractivity contribution in [2.45, 2.75) is 13.5 Å². The Labute approximate surface area is 204 Å². The lowest BCUT2D eigenvalue weighted by Crippen LogP contribution is -2.29. The number of halogens is 2. The lowest BCUT2D eigenvalue weighted by Gasteiger charge is -2.09. The molecule has 0 aliphatic rings. The highest BCUT2D eigenvalue weighted by Crippen LogP contribution is 2.24. The lowest BCUT2D eigenvalue weighted by atomic mass is 10.2. The summed E-state index contributed by atoms with van der Waals surface area (Å²) >= 11 is 9.74. The van der Waals surface area contributed by atoms with Gasteiger partial charge >= 0.3 is 0 Å². The van der Waals surface area contributed by atoms with Gasteiger partial charge in [0.05, 0.1) is 12.0 Å². The predicted octanol–water partition coefficient (Wildman–Crippen LogP) is 4.93. The molecule has 4 aromatic rings. The smallest absolute Gasteiger partial charge is 0.283 e. The molecule has 0 aliphatic heterocycles. The zero-order valence-corrected chi connectivity index (χ0v) is 20.5. The summed E-state index contributed by atoms with van der Waals surface area (Å²) in [4.78, 5) is 21.5. The van der Waals surface area contributed by atoms with Crippen LogP contribution < -0.4 is 4.72 Å². The highest BCUT2D eigenvalue weighted by atomic mass is 79.9. The fourth-order valence-electron chi connectivity index (χ4n) is 3.20. The third-order valence-corrected chi connectivity index (χ3v) is 6.64. The summed E-state index contributed by atoms with van der Waals surface area (Å²) in [6.07, 6.45) is 1.41. The summed E-state index contributed by atoms with van der Waals surface area (Å²) in [5.41, 5.74) is 2.55. The number of aryl methyl sites for hydroxylation is 1. The first kappa shape index (κ1) is 23.2. The van der Waals surface area contributed by atoms with E-state index < -0.39 is 15.9 Å². The zero-order valence-electron chi connectivity index (χ0n) is 17.4. The van der Waals surface area contributed by atoms with Crippen LogP contribution in [0.2, 0.25) is 5.02 Å². The minimum absolute atomic E-state index is 0.0396. The molecule has 33 heavy (non-hydrogen) atoms. The van der Waals surface area contributed by atoms with Gasteiger partial charge in [-0.1, -0.05) is 63.9 Å². The van der Waals surface area contributed by atoms with Gasteiger partial charge in [0.25, 0.3) is 15.9 Å². The highest BCUT2D eigenvalue weighted by Gasteiger charge is 2.18. The molecule has 2 heterocycles. The van der Waals surface area contributed by atoms with Gasteiger partial charge in [0.1, 0.15) is 17.0 Å². The molecule has 0 radical (unpaired) electrons. The maximum absolute atomic E-state index is 12.6. The number of nitrogens with zero attached hydrogens (tertiary/aromatic N) is 3. The maximum atomic E-state index is 12.6. The van der Waals surface area contributed by atoms with E-state index in [0.717, 1.165) is 15.4 Å². The Morgan fingerprint density at radius 2 is 1.88 bits per heavy atom. The van der Waals surface area contributed by atoms with Crippen LogP contribution in [0.15, 0.2) is 70.5 Å². The van der Waals surface area contributed by atoms with Crippen molar-refractivity contribution in [3.8, 4) is 0 Å². The molecule has 0 unspecified atom stereocenters. The number of hydrogen-bond acceptors (Lipinski definition) is 5. The van der Waals surface area contributed by atoms with E-state index in [1.807, 2.05) is 34.4 Å². The summed E-state index contributed by atoms with van der Waals surface area (Å²) < 4.78 is 29.4. The highest BCUT2D eigenvalue weighted by molar-refractivity contribution is 9.10. The fourth-order valence-corrected chi connectivity index (χ4v) is 4.70. The lowest BCUT2D eigenvalue weighted by molar-refractivity contribution is 0.0977. The molecule has 1 N–H and O–H groups in total. The van der Waals surface area contributed by atoms with Crippen molar-refractivity contribution < 1.29 is 13.2 Å². The Bertz CT molecular complexity index is 1480. The van der Waals surface area contributed by atoms with E-state index in [1.165, 1.54) is 12.1 Å². The molecule has 7 nitrogen and oxygen atoms in total. The van der Waals surface area contributed by atoms with Crippen LogP contribution in [0, 0.1) is 6.92 Å². The Kier molecular flexibility index (Phi) is 6.64. The number of benzene rings is 2. The second kappa shape index (κ2) is 9.46. The number of fused-ring (bicyclic) bond motifs is 1. The Hall–Kier alpha value is -3.01. The van der Waals surface area contributed by atoms with E-state index in [4.69, 9.17) is 11.6 Å². The number of sulfonamides is 1. The molecule has 0 saturated heterocycles. The maximum Gasteiger partial charge on any atom is 0.283 e. The molecule has 2 aromatic heterocycles. The summed E-state index contributed by atoms with van der Waals surface area (Å²) in [6.45, 7) is 2.22. The number of aromatic nitrogens is 3. The molecule has 0 spiro atoms. The number of amides is 1. The van der Waals surface area contributed by atoms with Gasteiger partial charge in [-0.3, -0.25) is 4.79 Å². The first-order valence-electron chi connectivity index (χ1n) is 9.80. The quantitative estimate of drug-likeness (QED) is 0.371. The number of imidazole rings is 1. The van der Waals surface area contributed by atoms with Crippen LogP contribution in [0.1, 0.15) is 27.4 Å². The van der Waals surface area contributed by atoms with Gasteiger partial charge in [-0.15, -0.1) is 0 Å². The molecule has 1 amide bonds. The second-order valence-electron chi connectivity index (χ2n) is 7.21. The van der Waals surface area contributed by atoms with E-state index >= 15 is 0 Å². The minimum Gasteiger partial charge on any atom is -0.308 e. The van der Waals surface area contributed by atoms with Gasteiger partial charge in [-0.2, -0.15) is 0 Å². The summed E-state index contributed by atoms with van der Waals surface area (Å²) in [6, 6.07) is 17.6. The van der Waals surface area contributed by atoms with Crippen molar-refractivity contribution in [1.29, 1.82) is 0 Å². The molecule has 0 aliphatic carbocycles. The number of pyridine rings is 1. The first-order chi connectivity index (χ1) is 15.7. The van der Waals surface area contributed by atoms with E-state index in [1.54, 1.807) is 36.4 Å². The normalized spacial score (nSPS) is 11.8. The predicted molar refractivity (Wildman–Crippen MR) is 132 cm³/mol. The van der Waals surface area contributed by atoms with Gasteiger partial charge < -0.3 is 4.57 Å². The van der Waals surface area contributed by atoms with E-state index in [2.05, 4.69) is 25.9 Å². The standard InChI is InChI=1S/C23H18BrClN4O3S/c1-15-26-20-9-10-21(23(30)28-33(31,32)12-11-16-5-3-2-4-6-16)27-22(20)29(15)14-17-7-8-18(24)13-19(17)25/h2-13H,14H2,1H3,(H,28,30)/b12-11+. The fraction of sp³-hybridized carbons (Fsp3) is 0.0870. The third-order valence-electron chi connectivity index (χ3n) is 4.83. The van der Waals surface area contributed by atoms with Crippen LogP contribution >= 0.6 is 27.5 Å². The van der Waals surface area contributed by atoms with E-state index in [-0.39, 0.29) is 5.69 Å². The zero-order chi connectivity index (χ0) is 23.6. The molecule has 0 bridgehead atoms. The van der Waals surface area contributed by atoms with Crippen LogP contribution in [0.5, 0.6) is 0 Å². The Balaban J connectivity index is 1.60. The van der Waals surface area contributed by atoms with Gasteiger partial charge in [0.2, 0.25) is 0 Å². The molecular formula is C23H18BrClN4O3S. The molecule has 10 heteroatoms. The monoisotopic (exact) mass is 544 g/mol. The van der Waals surface area contributed by atoms with Gasteiger partial charge in [0, 0.05) is 9.50 Å². The third kappa shape index (κ3) is 5.50. The average Bonchev–Trinajstić information content (AvgIpc) is 3.09. The van der Waals surface area contributed by atoms with Gasteiger partial charge in [-0.25, -0.2) is 23.1 Å². The number of nitrogens with one attached hydrogen (secondary N) is 1. The summed E-state index contributed by atoms with van der Waals surface area (Å²) in [5.74, 6) is -0.144. The Morgan fingerprint density at radius 1 is 1.12 bits per heavy atom. The molecule has 4 rings (SSSR count). The SMILES string of the molecule is Cc1nc2ccc(C(=O)NS(=O)(=O)/C=C/c3ccccc3)nc2n1Cc1ccc(Br)cc1Cl. The van der Waals surface area contributed by atoms with Crippen LogP contribution in [0.25, 0.3) is 17.2 Å². The second-order valence-corrected chi connectivity index (χ2v) is 10.1. The van der Waals surface area contributed by atoms with Crippen LogP contribution in [-0.2, 0) is 16.6 Å². The molecule has 0 atom stereocenters. The van der Waals surface area contributed by atoms with E-state index in [9.17, 15) is 13.2 Å². The van der Waals surface area contributed by atoms with Crippen LogP contribution in [0.3, 0.4) is 0 Å². The molecule has 168 valence electrons. The average molecular weight is 546 g/mol. The van der Waals surface area contributed by atoms with Crippen LogP contribution in [0.4, 0.5) is 0 Å². The number of carbonyl (C=O) groups is 1. The molecule has 0 fully saturated rings. The van der Waals surface area contributed by atoms with Crippen molar-refractivity contribution in [3.05, 3.63) is 98.2 Å². The van der Waals surface area contributed by atoms with Crippen molar-refractivity contribution >= 4 is 60.7 Å². The number of hydrogen-bond donors (Lipinski definition) is 1.